The monoisotopic (exact) mass is 215 g/mol. The molecule has 0 spiro atoms. The van der Waals surface area contributed by atoms with Crippen molar-refractivity contribution in [1.29, 1.82) is 0 Å². The molecule has 16 heavy (non-hydrogen) atoms. The van der Waals surface area contributed by atoms with Crippen molar-refractivity contribution in [3.63, 3.8) is 0 Å². The van der Waals surface area contributed by atoms with Crippen molar-refractivity contribution in [1.82, 2.24) is 4.98 Å². The Hall–Kier alpha value is -1.57. The summed E-state index contributed by atoms with van der Waals surface area (Å²) in [7, 11) is 0. The molecule has 1 aromatic carbocycles. The van der Waals surface area contributed by atoms with Crippen LogP contribution in [0.1, 0.15) is 32.9 Å². The molecular formula is C14H17NO. The van der Waals surface area contributed by atoms with Crippen molar-refractivity contribution in [2.24, 2.45) is 0 Å². The second kappa shape index (κ2) is 3.78. The van der Waals surface area contributed by atoms with Crippen molar-refractivity contribution in [2.45, 2.75) is 32.6 Å². The topological polar surface area (TPSA) is 33.1 Å². The zero-order valence-corrected chi connectivity index (χ0v) is 9.99. The first kappa shape index (κ1) is 10.9. The normalized spacial score (nSPS) is 11.9. The van der Waals surface area contributed by atoms with Crippen LogP contribution in [0.15, 0.2) is 30.3 Å². The number of phenolic OH excluding ortho intramolecular Hbond substituents is 1. The molecule has 2 nitrogen and oxygen atoms in total. The van der Waals surface area contributed by atoms with Gasteiger partial charge >= 0.3 is 0 Å². The number of aromatic nitrogens is 1. The molecule has 0 bridgehead atoms. The maximum atomic E-state index is 9.77. The highest BCUT2D eigenvalue weighted by Crippen LogP contribution is 2.29. The summed E-state index contributed by atoms with van der Waals surface area (Å²) in [5.41, 5.74) is 1.78. The molecule has 0 saturated heterocycles. The molecule has 0 aliphatic carbocycles. The summed E-state index contributed by atoms with van der Waals surface area (Å²) in [6.45, 7) is 6.49. The van der Waals surface area contributed by atoms with Crippen LogP contribution in [0, 0.1) is 0 Å². The molecule has 1 N–H and O–H groups in total. The largest absolute Gasteiger partial charge is 0.506 e. The van der Waals surface area contributed by atoms with Crippen molar-refractivity contribution < 1.29 is 5.11 Å². The third kappa shape index (κ3) is 1.75. The lowest BCUT2D eigenvalue weighted by Crippen LogP contribution is -2.17. The fourth-order valence-electron chi connectivity index (χ4n) is 1.69. The van der Waals surface area contributed by atoms with Crippen LogP contribution < -0.4 is 0 Å². The number of benzene rings is 1. The van der Waals surface area contributed by atoms with E-state index in [0.29, 0.717) is 5.52 Å². The van der Waals surface area contributed by atoms with Crippen molar-refractivity contribution in [3.8, 4) is 5.75 Å². The average molecular weight is 215 g/mol. The van der Waals surface area contributed by atoms with Gasteiger partial charge in [0.05, 0.1) is 0 Å². The Bertz CT molecular complexity index is 517. The van der Waals surface area contributed by atoms with E-state index in [-0.39, 0.29) is 11.2 Å². The van der Waals surface area contributed by atoms with Gasteiger partial charge in [0.2, 0.25) is 0 Å². The number of fused-ring (bicyclic) bond motifs is 1. The molecule has 0 unspecified atom stereocenters. The van der Waals surface area contributed by atoms with Gasteiger partial charge in [0, 0.05) is 16.5 Å². The quantitative estimate of drug-likeness (QED) is 0.829. The third-order valence-corrected chi connectivity index (χ3v) is 3.28. The maximum absolute atomic E-state index is 9.77. The predicted octanol–water partition coefficient (Wildman–Crippen LogP) is 3.63. The van der Waals surface area contributed by atoms with Gasteiger partial charge in [-0.3, -0.25) is 0 Å². The van der Waals surface area contributed by atoms with E-state index in [4.69, 9.17) is 0 Å². The van der Waals surface area contributed by atoms with Gasteiger partial charge in [-0.2, -0.15) is 0 Å². The lowest BCUT2D eigenvalue weighted by atomic mass is 9.86. The van der Waals surface area contributed by atoms with E-state index >= 15 is 0 Å². The molecule has 0 saturated carbocycles. The van der Waals surface area contributed by atoms with Crippen LogP contribution in [0.5, 0.6) is 5.75 Å². The highest BCUT2D eigenvalue weighted by Gasteiger charge is 2.20. The van der Waals surface area contributed by atoms with Gasteiger partial charge in [0.1, 0.15) is 11.3 Å². The number of phenols is 1. The van der Waals surface area contributed by atoms with E-state index in [0.717, 1.165) is 17.5 Å². The number of pyridine rings is 1. The zero-order chi connectivity index (χ0) is 11.8. The summed E-state index contributed by atoms with van der Waals surface area (Å²) in [5.74, 6) is 0.256. The van der Waals surface area contributed by atoms with E-state index < -0.39 is 0 Å². The van der Waals surface area contributed by atoms with Crippen LogP contribution in [0.3, 0.4) is 0 Å². The minimum Gasteiger partial charge on any atom is -0.506 e. The summed E-state index contributed by atoms with van der Waals surface area (Å²) in [5, 5.41) is 10.8. The van der Waals surface area contributed by atoms with Crippen LogP contribution in [0.4, 0.5) is 0 Å². The standard InChI is InChI=1S/C14H17NO/c1-4-14(2,3)12-9-8-10-6-5-7-11(16)13(10)15-12/h5-9,16H,4H2,1-3H3. The van der Waals surface area contributed by atoms with Crippen molar-refractivity contribution in [2.75, 3.05) is 0 Å². The molecular weight excluding hydrogens is 198 g/mol. The Morgan fingerprint density at radius 1 is 1.19 bits per heavy atom. The lowest BCUT2D eigenvalue weighted by Gasteiger charge is -2.22. The van der Waals surface area contributed by atoms with E-state index in [1.165, 1.54) is 0 Å². The van der Waals surface area contributed by atoms with Crippen molar-refractivity contribution in [3.05, 3.63) is 36.0 Å². The highest BCUT2D eigenvalue weighted by molar-refractivity contribution is 5.84. The van der Waals surface area contributed by atoms with Gasteiger partial charge in [-0.1, -0.05) is 39.0 Å². The van der Waals surface area contributed by atoms with Crippen LogP contribution in [0.2, 0.25) is 0 Å². The smallest absolute Gasteiger partial charge is 0.141 e. The minimum atomic E-state index is 0.0521. The van der Waals surface area contributed by atoms with Gasteiger partial charge in [0.25, 0.3) is 0 Å². The van der Waals surface area contributed by atoms with Gasteiger partial charge < -0.3 is 5.11 Å². The lowest BCUT2D eigenvalue weighted by molar-refractivity contribution is 0.475. The van der Waals surface area contributed by atoms with Crippen molar-refractivity contribution >= 4 is 10.9 Å². The number of para-hydroxylation sites is 1. The molecule has 0 amide bonds. The van der Waals surface area contributed by atoms with Crippen LogP contribution >= 0.6 is 0 Å². The molecule has 0 aliphatic rings. The highest BCUT2D eigenvalue weighted by atomic mass is 16.3. The first-order valence-corrected chi connectivity index (χ1v) is 5.64. The second-order valence-electron chi connectivity index (χ2n) is 4.78. The van der Waals surface area contributed by atoms with E-state index in [2.05, 4.69) is 25.8 Å². The fraction of sp³-hybridized carbons (Fsp3) is 0.357. The third-order valence-electron chi connectivity index (χ3n) is 3.28. The Morgan fingerprint density at radius 3 is 2.62 bits per heavy atom. The first-order valence-electron chi connectivity index (χ1n) is 5.64. The average Bonchev–Trinajstić information content (AvgIpc) is 2.29. The van der Waals surface area contributed by atoms with E-state index in [1.54, 1.807) is 6.07 Å². The molecule has 1 heterocycles. The number of hydrogen-bond donors (Lipinski definition) is 1. The Labute approximate surface area is 96.0 Å². The first-order chi connectivity index (χ1) is 7.54. The summed E-state index contributed by atoms with van der Waals surface area (Å²) < 4.78 is 0. The molecule has 2 rings (SSSR count). The Kier molecular flexibility index (Phi) is 2.58. The van der Waals surface area contributed by atoms with Gasteiger partial charge in [-0.05, 0) is 18.6 Å². The van der Waals surface area contributed by atoms with E-state index in [1.807, 2.05) is 24.3 Å². The van der Waals surface area contributed by atoms with Crippen LogP contribution in [-0.2, 0) is 5.41 Å². The number of nitrogens with zero attached hydrogens (tertiary/aromatic N) is 1. The molecule has 0 radical (unpaired) electrons. The predicted molar refractivity (Wildman–Crippen MR) is 66.7 cm³/mol. The Balaban J connectivity index is 2.64. The summed E-state index contributed by atoms with van der Waals surface area (Å²) in [6.07, 6.45) is 1.03. The molecule has 2 heteroatoms. The van der Waals surface area contributed by atoms with Crippen LogP contribution in [-0.4, -0.2) is 10.1 Å². The molecule has 0 fully saturated rings. The number of hydrogen-bond acceptors (Lipinski definition) is 2. The molecule has 2 aromatic rings. The summed E-state index contributed by atoms with van der Waals surface area (Å²) in [4.78, 5) is 4.57. The van der Waals surface area contributed by atoms with Gasteiger partial charge in [0.15, 0.2) is 0 Å². The molecule has 1 aromatic heterocycles. The minimum absolute atomic E-state index is 0.0521. The Morgan fingerprint density at radius 2 is 1.94 bits per heavy atom. The summed E-state index contributed by atoms with van der Waals surface area (Å²) in [6, 6.07) is 9.55. The van der Waals surface area contributed by atoms with Crippen LogP contribution in [0.25, 0.3) is 10.9 Å². The number of aromatic hydroxyl groups is 1. The molecule has 0 atom stereocenters. The molecule has 84 valence electrons. The number of rotatable bonds is 2. The maximum Gasteiger partial charge on any atom is 0.141 e. The van der Waals surface area contributed by atoms with E-state index in [9.17, 15) is 5.11 Å². The molecule has 0 aliphatic heterocycles. The SMILES string of the molecule is CCC(C)(C)c1ccc2cccc(O)c2n1. The second-order valence-corrected chi connectivity index (χ2v) is 4.78. The zero-order valence-electron chi connectivity index (χ0n) is 9.99. The van der Waals surface area contributed by atoms with Gasteiger partial charge in [-0.15, -0.1) is 0 Å². The summed E-state index contributed by atoms with van der Waals surface area (Å²) >= 11 is 0. The fourth-order valence-corrected chi connectivity index (χ4v) is 1.69. The van der Waals surface area contributed by atoms with Gasteiger partial charge in [-0.25, -0.2) is 4.98 Å².